The summed E-state index contributed by atoms with van der Waals surface area (Å²) >= 11 is 0. The van der Waals surface area contributed by atoms with Crippen LogP contribution in [0.1, 0.15) is 20.8 Å². The number of ether oxygens (including phenoxy) is 1. The van der Waals surface area contributed by atoms with Crippen molar-refractivity contribution in [1.29, 1.82) is 0 Å². The summed E-state index contributed by atoms with van der Waals surface area (Å²) in [6.07, 6.45) is 0. The zero-order valence-corrected chi connectivity index (χ0v) is 7.72. The van der Waals surface area contributed by atoms with Gasteiger partial charge in [-0.1, -0.05) is 20.8 Å². The van der Waals surface area contributed by atoms with E-state index in [9.17, 15) is 0 Å². The molecule has 4 nitrogen and oxygen atoms in total. The van der Waals surface area contributed by atoms with Gasteiger partial charge in [-0.25, -0.2) is 0 Å². The van der Waals surface area contributed by atoms with E-state index in [0.29, 0.717) is 18.3 Å². The first-order valence-corrected chi connectivity index (χ1v) is 3.91. The number of anilines is 1. The SMILES string of the molecule is CC(C)(C)COc1cc(N)[nH]n1. The summed E-state index contributed by atoms with van der Waals surface area (Å²) in [5, 5.41) is 6.45. The van der Waals surface area contributed by atoms with Gasteiger partial charge in [0.2, 0.25) is 5.88 Å². The highest BCUT2D eigenvalue weighted by Gasteiger charge is 2.11. The molecule has 68 valence electrons. The highest BCUT2D eigenvalue weighted by Crippen LogP contribution is 2.16. The van der Waals surface area contributed by atoms with Crippen molar-refractivity contribution in [2.75, 3.05) is 12.3 Å². The molecule has 0 radical (unpaired) electrons. The summed E-state index contributed by atoms with van der Waals surface area (Å²) in [7, 11) is 0. The molecule has 1 aromatic heterocycles. The molecule has 0 aliphatic heterocycles. The van der Waals surface area contributed by atoms with Crippen molar-refractivity contribution in [3.05, 3.63) is 6.07 Å². The van der Waals surface area contributed by atoms with Crippen molar-refractivity contribution >= 4 is 5.82 Å². The van der Waals surface area contributed by atoms with E-state index in [-0.39, 0.29) is 5.41 Å². The van der Waals surface area contributed by atoms with Gasteiger partial charge in [-0.2, -0.15) is 0 Å². The minimum absolute atomic E-state index is 0.147. The van der Waals surface area contributed by atoms with E-state index in [2.05, 4.69) is 31.0 Å². The van der Waals surface area contributed by atoms with Gasteiger partial charge in [-0.3, -0.25) is 5.10 Å². The zero-order chi connectivity index (χ0) is 9.19. The fraction of sp³-hybridized carbons (Fsp3) is 0.625. The van der Waals surface area contributed by atoms with Gasteiger partial charge < -0.3 is 10.5 Å². The maximum atomic E-state index is 5.42. The monoisotopic (exact) mass is 169 g/mol. The Morgan fingerprint density at radius 1 is 1.58 bits per heavy atom. The molecule has 0 bridgehead atoms. The summed E-state index contributed by atoms with van der Waals surface area (Å²) in [6, 6.07) is 1.67. The van der Waals surface area contributed by atoms with E-state index in [0.717, 1.165) is 0 Å². The van der Waals surface area contributed by atoms with Crippen molar-refractivity contribution < 1.29 is 4.74 Å². The Hall–Kier alpha value is -1.19. The van der Waals surface area contributed by atoms with Crippen LogP contribution in [0.4, 0.5) is 5.82 Å². The minimum atomic E-state index is 0.147. The molecule has 0 saturated carbocycles. The molecule has 0 fully saturated rings. The minimum Gasteiger partial charge on any atom is -0.476 e. The predicted molar refractivity (Wildman–Crippen MR) is 48.0 cm³/mol. The second-order valence-corrected chi connectivity index (χ2v) is 4.01. The van der Waals surface area contributed by atoms with Crippen LogP contribution in [0.3, 0.4) is 0 Å². The molecule has 0 saturated heterocycles. The predicted octanol–water partition coefficient (Wildman–Crippen LogP) is 1.42. The van der Waals surface area contributed by atoms with Crippen LogP contribution in [0.5, 0.6) is 5.88 Å². The maximum absolute atomic E-state index is 5.42. The molecular weight excluding hydrogens is 154 g/mol. The van der Waals surface area contributed by atoms with Gasteiger partial charge in [0.25, 0.3) is 0 Å². The Kier molecular flexibility index (Phi) is 2.26. The van der Waals surface area contributed by atoms with Crippen LogP contribution in [0.15, 0.2) is 6.07 Å². The maximum Gasteiger partial charge on any atom is 0.234 e. The first kappa shape index (κ1) is 8.90. The lowest BCUT2D eigenvalue weighted by Crippen LogP contribution is -2.16. The van der Waals surface area contributed by atoms with Crippen LogP contribution >= 0.6 is 0 Å². The number of nitrogens with zero attached hydrogens (tertiary/aromatic N) is 1. The molecule has 4 heteroatoms. The highest BCUT2D eigenvalue weighted by molar-refractivity contribution is 5.31. The van der Waals surface area contributed by atoms with Crippen LogP contribution in [-0.4, -0.2) is 16.8 Å². The van der Waals surface area contributed by atoms with E-state index in [1.54, 1.807) is 6.07 Å². The topological polar surface area (TPSA) is 63.9 Å². The zero-order valence-electron chi connectivity index (χ0n) is 7.72. The molecule has 0 unspecified atom stereocenters. The van der Waals surface area contributed by atoms with Crippen LogP contribution in [-0.2, 0) is 0 Å². The lowest BCUT2D eigenvalue weighted by atomic mass is 9.99. The van der Waals surface area contributed by atoms with Crippen LogP contribution < -0.4 is 10.5 Å². The number of H-pyrrole nitrogens is 1. The Morgan fingerprint density at radius 3 is 2.67 bits per heavy atom. The first-order chi connectivity index (χ1) is 5.47. The van der Waals surface area contributed by atoms with Crippen molar-refractivity contribution in [2.24, 2.45) is 5.41 Å². The molecule has 1 heterocycles. The summed E-state index contributed by atoms with van der Waals surface area (Å²) in [4.78, 5) is 0. The van der Waals surface area contributed by atoms with E-state index in [1.807, 2.05) is 0 Å². The quantitative estimate of drug-likeness (QED) is 0.703. The molecule has 0 aliphatic carbocycles. The Labute approximate surface area is 72.1 Å². The lowest BCUT2D eigenvalue weighted by molar-refractivity contribution is 0.191. The highest BCUT2D eigenvalue weighted by atomic mass is 16.5. The fourth-order valence-corrected chi connectivity index (χ4v) is 0.682. The largest absolute Gasteiger partial charge is 0.476 e. The van der Waals surface area contributed by atoms with Gasteiger partial charge in [0.05, 0.1) is 6.61 Å². The van der Waals surface area contributed by atoms with Crippen molar-refractivity contribution in [3.63, 3.8) is 0 Å². The third-order valence-electron chi connectivity index (χ3n) is 1.23. The number of nitrogens with one attached hydrogen (secondary N) is 1. The number of aromatic amines is 1. The molecule has 3 N–H and O–H groups in total. The van der Waals surface area contributed by atoms with Crippen LogP contribution in [0.2, 0.25) is 0 Å². The molecule has 12 heavy (non-hydrogen) atoms. The average Bonchev–Trinajstić information content (AvgIpc) is 2.30. The van der Waals surface area contributed by atoms with E-state index in [1.165, 1.54) is 0 Å². The number of nitrogen functional groups attached to an aromatic ring is 1. The number of aromatic nitrogens is 2. The number of nitrogens with two attached hydrogens (primary N) is 1. The smallest absolute Gasteiger partial charge is 0.234 e. The molecule has 0 spiro atoms. The summed E-state index contributed by atoms with van der Waals surface area (Å²) in [6.45, 7) is 6.94. The van der Waals surface area contributed by atoms with Gasteiger partial charge in [-0.05, 0) is 5.41 Å². The summed E-state index contributed by atoms with van der Waals surface area (Å²) in [5.41, 5.74) is 5.57. The first-order valence-electron chi connectivity index (χ1n) is 3.91. The van der Waals surface area contributed by atoms with Gasteiger partial charge >= 0.3 is 0 Å². The summed E-state index contributed by atoms with van der Waals surface area (Å²) < 4.78 is 5.37. The average molecular weight is 169 g/mol. The molecule has 1 rings (SSSR count). The van der Waals surface area contributed by atoms with Crippen LogP contribution in [0.25, 0.3) is 0 Å². The second kappa shape index (κ2) is 3.05. The molecule has 0 atom stereocenters. The van der Waals surface area contributed by atoms with Crippen molar-refractivity contribution in [2.45, 2.75) is 20.8 Å². The van der Waals surface area contributed by atoms with Gasteiger partial charge in [0.1, 0.15) is 5.82 Å². The Balaban J connectivity index is 2.44. The fourth-order valence-electron chi connectivity index (χ4n) is 0.682. The number of rotatable bonds is 2. The van der Waals surface area contributed by atoms with E-state index in [4.69, 9.17) is 10.5 Å². The van der Waals surface area contributed by atoms with Crippen LogP contribution in [0, 0.1) is 5.41 Å². The molecule has 0 aliphatic rings. The van der Waals surface area contributed by atoms with Gasteiger partial charge in [0, 0.05) is 6.07 Å². The summed E-state index contributed by atoms with van der Waals surface area (Å²) in [5.74, 6) is 1.08. The molecule has 1 aromatic rings. The number of hydrogen-bond acceptors (Lipinski definition) is 3. The third kappa shape index (κ3) is 2.82. The van der Waals surface area contributed by atoms with Gasteiger partial charge in [-0.15, -0.1) is 5.10 Å². The molecule has 0 aromatic carbocycles. The van der Waals surface area contributed by atoms with Crippen molar-refractivity contribution in [1.82, 2.24) is 10.2 Å². The molecular formula is C8H15N3O. The lowest BCUT2D eigenvalue weighted by Gasteiger charge is -2.17. The second-order valence-electron chi connectivity index (χ2n) is 4.01. The van der Waals surface area contributed by atoms with Crippen molar-refractivity contribution in [3.8, 4) is 5.88 Å². The number of hydrogen-bond donors (Lipinski definition) is 2. The van der Waals surface area contributed by atoms with Gasteiger partial charge in [0.15, 0.2) is 0 Å². The Bertz CT molecular complexity index is 249. The third-order valence-corrected chi connectivity index (χ3v) is 1.23. The van der Waals surface area contributed by atoms with E-state index >= 15 is 0 Å². The standard InChI is InChI=1S/C8H15N3O/c1-8(2,3)5-12-7-4-6(9)10-11-7/h4H,5H2,1-3H3,(H3,9,10,11). The Morgan fingerprint density at radius 2 is 2.25 bits per heavy atom. The normalized spacial score (nSPS) is 11.6. The van der Waals surface area contributed by atoms with E-state index < -0.39 is 0 Å². The molecule has 0 amide bonds.